The molecule has 1 fully saturated rings. The number of benzene rings is 1. The minimum atomic E-state index is -1.22. The summed E-state index contributed by atoms with van der Waals surface area (Å²) in [6.45, 7) is 0. The standard InChI is InChI=1S/C16H12N2O5S/c1-18-14(20)13(8-10-3-2-6-23-10)24-16(18)17-9-4-5-11(15(21)22)12(19)7-9/h2-8,19H,1H3,(H,21,22)/b13-8-,17-16?. The fourth-order valence-corrected chi connectivity index (χ4v) is 3.00. The number of aliphatic imine (C=N–C) groups is 1. The SMILES string of the molecule is CN1C(=O)/C(=C/c2ccco2)SC1=Nc1ccc(C(=O)O)c(O)c1. The van der Waals surface area contributed by atoms with E-state index < -0.39 is 5.97 Å². The van der Waals surface area contributed by atoms with Gasteiger partial charge in [-0.3, -0.25) is 9.69 Å². The number of likely N-dealkylation sites (N-methyl/N-ethyl adjacent to an activating group) is 1. The molecule has 1 aliphatic rings. The number of hydrogen-bond donors (Lipinski definition) is 2. The number of amides is 1. The molecule has 1 saturated heterocycles. The number of amidine groups is 1. The number of phenols is 1. The van der Waals surface area contributed by atoms with Crippen molar-refractivity contribution in [3.8, 4) is 5.75 Å². The van der Waals surface area contributed by atoms with E-state index in [4.69, 9.17) is 9.52 Å². The molecule has 0 bridgehead atoms. The van der Waals surface area contributed by atoms with E-state index >= 15 is 0 Å². The normalized spacial score (nSPS) is 17.9. The topological polar surface area (TPSA) is 103 Å². The summed E-state index contributed by atoms with van der Waals surface area (Å²) >= 11 is 1.17. The molecule has 24 heavy (non-hydrogen) atoms. The number of aromatic hydroxyl groups is 1. The summed E-state index contributed by atoms with van der Waals surface area (Å²) in [4.78, 5) is 29.3. The van der Waals surface area contributed by atoms with Gasteiger partial charge in [-0.15, -0.1) is 0 Å². The zero-order chi connectivity index (χ0) is 17.3. The van der Waals surface area contributed by atoms with E-state index in [2.05, 4.69) is 4.99 Å². The third-order valence-corrected chi connectivity index (χ3v) is 4.32. The first-order chi connectivity index (χ1) is 11.5. The first-order valence-electron chi connectivity index (χ1n) is 6.82. The number of rotatable bonds is 3. The summed E-state index contributed by atoms with van der Waals surface area (Å²) in [5, 5.41) is 19.0. The number of furan rings is 1. The number of aromatic carboxylic acids is 1. The lowest BCUT2D eigenvalue weighted by atomic mass is 10.2. The van der Waals surface area contributed by atoms with Crippen LogP contribution in [-0.2, 0) is 4.79 Å². The molecule has 1 aromatic carbocycles. The van der Waals surface area contributed by atoms with E-state index in [1.807, 2.05) is 0 Å². The number of carboxylic acids is 1. The maximum absolute atomic E-state index is 12.2. The van der Waals surface area contributed by atoms with Gasteiger partial charge < -0.3 is 14.6 Å². The molecule has 3 rings (SSSR count). The predicted molar refractivity (Wildman–Crippen MR) is 89.2 cm³/mol. The maximum Gasteiger partial charge on any atom is 0.339 e. The second-order valence-electron chi connectivity index (χ2n) is 4.89. The second kappa shape index (κ2) is 6.25. The van der Waals surface area contributed by atoms with Crippen molar-refractivity contribution in [1.29, 1.82) is 0 Å². The second-order valence-corrected chi connectivity index (χ2v) is 5.90. The van der Waals surface area contributed by atoms with Crippen LogP contribution in [0.25, 0.3) is 6.08 Å². The third-order valence-electron chi connectivity index (χ3n) is 3.26. The van der Waals surface area contributed by atoms with Crippen molar-refractivity contribution in [2.24, 2.45) is 4.99 Å². The van der Waals surface area contributed by atoms with Gasteiger partial charge in [0.25, 0.3) is 5.91 Å². The van der Waals surface area contributed by atoms with Crippen LogP contribution in [0.5, 0.6) is 5.75 Å². The zero-order valence-corrected chi connectivity index (χ0v) is 13.3. The van der Waals surface area contributed by atoms with Gasteiger partial charge in [-0.1, -0.05) is 0 Å². The van der Waals surface area contributed by atoms with Crippen LogP contribution in [-0.4, -0.2) is 39.2 Å². The quantitative estimate of drug-likeness (QED) is 0.830. The fourth-order valence-electron chi connectivity index (χ4n) is 2.04. The van der Waals surface area contributed by atoms with Crippen molar-refractivity contribution >= 4 is 40.6 Å². The van der Waals surface area contributed by atoms with E-state index in [-0.39, 0.29) is 17.2 Å². The number of nitrogens with zero attached hydrogens (tertiary/aromatic N) is 2. The van der Waals surface area contributed by atoms with Crippen LogP contribution in [0.2, 0.25) is 0 Å². The van der Waals surface area contributed by atoms with Gasteiger partial charge in [0.05, 0.1) is 16.9 Å². The Balaban J connectivity index is 1.90. The zero-order valence-electron chi connectivity index (χ0n) is 12.5. The molecule has 8 heteroatoms. The summed E-state index contributed by atoms with van der Waals surface area (Å²) in [5.41, 5.74) is 0.139. The summed E-state index contributed by atoms with van der Waals surface area (Å²) in [5.74, 6) is -1.27. The van der Waals surface area contributed by atoms with Gasteiger partial charge in [-0.25, -0.2) is 9.79 Å². The van der Waals surface area contributed by atoms with Gasteiger partial charge in [-0.05, 0) is 36.0 Å². The molecule has 122 valence electrons. The number of hydrogen-bond acceptors (Lipinski definition) is 6. The monoisotopic (exact) mass is 344 g/mol. The Kier molecular flexibility index (Phi) is 4.13. The molecule has 0 unspecified atom stereocenters. The fraction of sp³-hybridized carbons (Fsp3) is 0.0625. The summed E-state index contributed by atoms with van der Waals surface area (Å²) in [6.07, 6.45) is 3.14. The largest absolute Gasteiger partial charge is 0.507 e. The van der Waals surface area contributed by atoms with Crippen LogP contribution in [0.15, 0.2) is 50.9 Å². The average molecular weight is 344 g/mol. The predicted octanol–water partition coefficient (Wildman–Crippen LogP) is 2.92. The number of carboxylic acid groups (broad SMARTS) is 1. The molecule has 0 saturated carbocycles. The van der Waals surface area contributed by atoms with Gasteiger partial charge in [0.2, 0.25) is 0 Å². The highest BCUT2D eigenvalue weighted by Gasteiger charge is 2.30. The van der Waals surface area contributed by atoms with Crippen LogP contribution in [0.3, 0.4) is 0 Å². The molecule has 1 aliphatic heterocycles. The van der Waals surface area contributed by atoms with Crippen molar-refractivity contribution in [3.05, 3.63) is 52.8 Å². The molecule has 2 aromatic rings. The molecule has 0 spiro atoms. The minimum Gasteiger partial charge on any atom is -0.507 e. The van der Waals surface area contributed by atoms with Gasteiger partial charge in [0.1, 0.15) is 17.1 Å². The first-order valence-corrected chi connectivity index (χ1v) is 7.63. The van der Waals surface area contributed by atoms with E-state index in [0.29, 0.717) is 21.5 Å². The van der Waals surface area contributed by atoms with Gasteiger partial charge in [0.15, 0.2) is 5.17 Å². The third kappa shape index (κ3) is 3.04. The molecular weight excluding hydrogens is 332 g/mol. The molecule has 0 radical (unpaired) electrons. The Labute approximate surface area is 140 Å². The average Bonchev–Trinajstić information content (AvgIpc) is 3.12. The van der Waals surface area contributed by atoms with Crippen LogP contribution >= 0.6 is 11.8 Å². The maximum atomic E-state index is 12.2. The number of thioether (sulfide) groups is 1. The molecular formula is C16H12N2O5S. The van der Waals surface area contributed by atoms with E-state index in [0.717, 1.165) is 0 Å². The Morgan fingerprint density at radius 1 is 1.38 bits per heavy atom. The summed E-state index contributed by atoms with van der Waals surface area (Å²) < 4.78 is 5.19. The minimum absolute atomic E-state index is 0.208. The Morgan fingerprint density at radius 3 is 2.79 bits per heavy atom. The highest BCUT2D eigenvalue weighted by molar-refractivity contribution is 8.18. The molecule has 1 amide bonds. The molecule has 7 nitrogen and oxygen atoms in total. The molecule has 0 atom stereocenters. The lowest BCUT2D eigenvalue weighted by molar-refractivity contribution is -0.121. The van der Waals surface area contributed by atoms with Gasteiger partial charge in [-0.2, -0.15) is 0 Å². The Bertz CT molecular complexity index is 871. The van der Waals surface area contributed by atoms with Crippen LogP contribution < -0.4 is 0 Å². The van der Waals surface area contributed by atoms with Crippen molar-refractivity contribution in [3.63, 3.8) is 0 Å². The molecule has 1 aromatic heterocycles. The molecule has 0 aliphatic carbocycles. The summed E-state index contributed by atoms with van der Waals surface area (Å²) in [6, 6.07) is 7.42. The van der Waals surface area contributed by atoms with Crippen LogP contribution in [0.4, 0.5) is 5.69 Å². The molecule has 2 heterocycles. The van der Waals surface area contributed by atoms with Crippen molar-refractivity contribution in [2.45, 2.75) is 0 Å². The van der Waals surface area contributed by atoms with E-state index in [1.54, 1.807) is 25.3 Å². The lowest BCUT2D eigenvalue weighted by Gasteiger charge is -2.07. The highest BCUT2D eigenvalue weighted by Crippen LogP contribution is 2.34. The molecule has 2 N–H and O–H groups in total. The number of carbonyl (C=O) groups is 2. The Hall–Kier alpha value is -3.00. The lowest BCUT2D eigenvalue weighted by Crippen LogP contribution is -2.23. The van der Waals surface area contributed by atoms with Gasteiger partial charge >= 0.3 is 5.97 Å². The van der Waals surface area contributed by atoms with Crippen LogP contribution in [0, 0.1) is 0 Å². The number of carbonyl (C=O) groups excluding carboxylic acids is 1. The van der Waals surface area contributed by atoms with Gasteiger partial charge in [0, 0.05) is 19.2 Å². The van der Waals surface area contributed by atoms with E-state index in [1.165, 1.54) is 41.1 Å². The van der Waals surface area contributed by atoms with Crippen LogP contribution in [0.1, 0.15) is 16.1 Å². The van der Waals surface area contributed by atoms with Crippen molar-refractivity contribution in [1.82, 2.24) is 4.90 Å². The Morgan fingerprint density at radius 2 is 2.17 bits per heavy atom. The highest BCUT2D eigenvalue weighted by atomic mass is 32.2. The van der Waals surface area contributed by atoms with Crippen molar-refractivity contribution < 1.29 is 24.2 Å². The van der Waals surface area contributed by atoms with E-state index in [9.17, 15) is 14.7 Å². The van der Waals surface area contributed by atoms with Crippen molar-refractivity contribution in [2.75, 3.05) is 7.05 Å². The first kappa shape index (κ1) is 15.9. The summed E-state index contributed by atoms with van der Waals surface area (Å²) in [7, 11) is 1.59. The smallest absolute Gasteiger partial charge is 0.339 e.